The van der Waals surface area contributed by atoms with Crippen LogP contribution < -0.4 is 10.2 Å². The second-order valence-electron chi connectivity index (χ2n) is 7.28. The monoisotopic (exact) mass is 393 g/mol. The fourth-order valence-corrected chi connectivity index (χ4v) is 4.01. The maximum Gasteiger partial charge on any atom is 0.416 e. The Hall–Kier alpha value is -2.55. The van der Waals surface area contributed by atoms with Crippen LogP contribution in [0, 0.1) is 0 Å². The topological polar surface area (TPSA) is 53.4 Å². The largest absolute Gasteiger partial charge is 0.416 e. The molecule has 2 aromatic rings. The van der Waals surface area contributed by atoms with Crippen molar-refractivity contribution in [1.29, 1.82) is 0 Å². The lowest BCUT2D eigenvalue weighted by Crippen LogP contribution is -2.53. The molecule has 0 unspecified atom stereocenters. The van der Waals surface area contributed by atoms with E-state index in [9.17, 15) is 18.0 Å². The van der Waals surface area contributed by atoms with Crippen molar-refractivity contribution in [1.82, 2.24) is 20.0 Å². The molecular formula is C19H22F3N5O. The predicted molar refractivity (Wildman–Crippen MR) is 97.7 cm³/mol. The summed E-state index contributed by atoms with van der Waals surface area (Å²) < 4.78 is 41.9. The Balaban J connectivity index is 1.70. The van der Waals surface area contributed by atoms with Gasteiger partial charge in [-0.3, -0.25) is 9.58 Å². The van der Waals surface area contributed by atoms with Crippen molar-refractivity contribution in [3.8, 4) is 0 Å². The van der Waals surface area contributed by atoms with Crippen molar-refractivity contribution in [2.24, 2.45) is 7.05 Å². The second-order valence-corrected chi connectivity index (χ2v) is 7.28. The fraction of sp³-hybridized carbons (Fsp3) is 0.474. The lowest BCUT2D eigenvalue weighted by Gasteiger charge is -2.40. The average Bonchev–Trinajstić information content (AvgIpc) is 3.04. The molecule has 150 valence electrons. The van der Waals surface area contributed by atoms with E-state index in [1.54, 1.807) is 22.7 Å². The van der Waals surface area contributed by atoms with E-state index < -0.39 is 11.7 Å². The van der Waals surface area contributed by atoms with Gasteiger partial charge in [-0.15, -0.1) is 0 Å². The molecule has 2 amide bonds. The predicted octanol–water partition coefficient (Wildman–Crippen LogP) is 3.13. The van der Waals surface area contributed by atoms with Gasteiger partial charge in [-0.2, -0.15) is 18.3 Å². The van der Waals surface area contributed by atoms with E-state index in [0.717, 1.165) is 37.6 Å². The normalized spacial score (nSPS) is 18.5. The van der Waals surface area contributed by atoms with E-state index in [2.05, 4.69) is 10.4 Å². The van der Waals surface area contributed by atoms with Crippen molar-refractivity contribution in [2.75, 3.05) is 18.0 Å². The van der Waals surface area contributed by atoms with Gasteiger partial charge in [0.1, 0.15) is 0 Å². The highest BCUT2D eigenvalue weighted by molar-refractivity contribution is 5.93. The Morgan fingerprint density at radius 2 is 1.93 bits per heavy atom. The summed E-state index contributed by atoms with van der Waals surface area (Å²) in [6.07, 6.45) is -0.988. The number of carbonyl (C=O) groups excluding carboxylic acids is 1. The number of fused-ring (bicyclic) bond motifs is 1. The first-order valence-electron chi connectivity index (χ1n) is 9.31. The van der Waals surface area contributed by atoms with Crippen LogP contribution in [0.15, 0.2) is 30.5 Å². The van der Waals surface area contributed by atoms with Gasteiger partial charge in [-0.1, -0.05) is 18.2 Å². The number of nitrogens with zero attached hydrogens (tertiary/aromatic N) is 4. The first-order valence-corrected chi connectivity index (χ1v) is 9.31. The molecule has 1 aromatic carbocycles. The van der Waals surface area contributed by atoms with Gasteiger partial charge in [0.2, 0.25) is 0 Å². The molecule has 28 heavy (non-hydrogen) atoms. The van der Waals surface area contributed by atoms with Crippen molar-refractivity contribution >= 4 is 11.8 Å². The van der Waals surface area contributed by atoms with Crippen molar-refractivity contribution < 1.29 is 18.0 Å². The molecule has 0 aliphatic carbocycles. The van der Waals surface area contributed by atoms with Crippen molar-refractivity contribution in [3.63, 3.8) is 0 Å². The summed E-state index contributed by atoms with van der Waals surface area (Å²) in [6.45, 7) is 1.92. The molecule has 0 spiro atoms. The van der Waals surface area contributed by atoms with Crippen LogP contribution in [0.1, 0.15) is 29.5 Å². The molecule has 0 bridgehead atoms. The van der Waals surface area contributed by atoms with Gasteiger partial charge < -0.3 is 10.2 Å². The standard InChI is InChI=1S/C19H22F3N5O/c1-25-10-14-12-26(15-6-8-23-9-7-15)18(28)27(17(14)24-25)11-13-4-2-3-5-16(13)19(20,21)22/h2-5,10,15,23H,6-9,11-12H2,1H3. The van der Waals surface area contributed by atoms with E-state index in [-0.39, 0.29) is 24.2 Å². The quantitative estimate of drug-likeness (QED) is 0.872. The molecule has 1 aromatic heterocycles. The Bertz CT molecular complexity index is 873. The van der Waals surface area contributed by atoms with Gasteiger partial charge in [-0.05, 0) is 37.6 Å². The van der Waals surface area contributed by atoms with Gasteiger partial charge in [0, 0.05) is 24.8 Å². The Morgan fingerprint density at radius 3 is 2.64 bits per heavy atom. The highest BCUT2D eigenvalue weighted by Gasteiger charge is 2.39. The number of halogens is 3. The highest BCUT2D eigenvalue weighted by atomic mass is 19.4. The number of alkyl halides is 3. The zero-order valence-corrected chi connectivity index (χ0v) is 15.5. The fourth-order valence-electron chi connectivity index (χ4n) is 4.01. The van der Waals surface area contributed by atoms with Crippen LogP contribution in [0.25, 0.3) is 0 Å². The van der Waals surface area contributed by atoms with Crippen LogP contribution in [0.3, 0.4) is 0 Å². The summed E-state index contributed by atoms with van der Waals surface area (Å²) in [5.74, 6) is 0.440. The summed E-state index contributed by atoms with van der Waals surface area (Å²) in [5.41, 5.74) is 0.191. The highest BCUT2D eigenvalue weighted by Crippen LogP contribution is 2.35. The molecule has 0 radical (unpaired) electrons. The molecule has 6 nitrogen and oxygen atoms in total. The molecule has 3 heterocycles. The number of urea groups is 1. The average molecular weight is 393 g/mol. The minimum Gasteiger partial charge on any atom is -0.317 e. The van der Waals surface area contributed by atoms with E-state index in [1.165, 1.54) is 17.0 Å². The number of rotatable bonds is 3. The molecule has 0 atom stereocenters. The number of piperidine rings is 1. The summed E-state index contributed by atoms with van der Waals surface area (Å²) >= 11 is 0. The molecule has 1 saturated heterocycles. The van der Waals surface area contributed by atoms with Gasteiger partial charge in [0.15, 0.2) is 5.82 Å². The van der Waals surface area contributed by atoms with Crippen molar-refractivity contribution in [2.45, 2.75) is 38.1 Å². The number of benzene rings is 1. The van der Waals surface area contributed by atoms with Crippen LogP contribution in [-0.2, 0) is 26.3 Å². The third kappa shape index (κ3) is 3.46. The van der Waals surface area contributed by atoms with Crippen LogP contribution >= 0.6 is 0 Å². The third-order valence-corrected chi connectivity index (χ3v) is 5.36. The zero-order chi connectivity index (χ0) is 19.9. The first-order chi connectivity index (χ1) is 13.3. The van der Waals surface area contributed by atoms with Crippen LogP contribution in [-0.4, -0.2) is 39.8 Å². The Kier molecular flexibility index (Phi) is 4.78. The first kappa shape index (κ1) is 18.8. The number of aromatic nitrogens is 2. The Labute approximate surface area is 160 Å². The van der Waals surface area contributed by atoms with E-state index in [0.29, 0.717) is 12.4 Å². The zero-order valence-electron chi connectivity index (χ0n) is 15.5. The molecule has 9 heteroatoms. The number of hydrogen-bond donors (Lipinski definition) is 1. The Morgan fingerprint density at radius 1 is 1.21 bits per heavy atom. The maximum absolute atomic E-state index is 13.4. The number of anilines is 1. The van der Waals surface area contributed by atoms with Gasteiger partial charge >= 0.3 is 12.2 Å². The van der Waals surface area contributed by atoms with Crippen LogP contribution in [0.4, 0.5) is 23.8 Å². The smallest absolute Gasteiger partial charge is 0.317 e. The summed E-state index contributed by atoms with van der Waals surface area (Å²) in [4.78, 5) is 16.4. The lowest BCUT2D eigenvalue weighted by atomic mass is 10.0. The number of aryl methyl sites for hydroxylation is 1. The minimum atomic E-state index is -4.48. The molecule has 0 saturated carbocycles. The molecular weight excluding hydrogens is 371 g/mol. The number of nitrogens with one attached hydrogen (secondary N) is 1. The number of hydrogen-bond acceptors (Lipinski definition) is 3. The number of amides is 2. The summed E-state index contributed by atoms with van der Waals surface area (Å²) in [5, 5.41) is 7.63. The lowest BCUT2D eigenvalue weighted by molar-refractivity contribution is -0.138. The third-order valence-electron chi connectivity index (χ3n) is 5.36. The summed E-state index contributed by atoms with van der Waals surface area (Å²) in [7, 11) is 1.75. The van der Waals surface area contributed by atoms with Gasteiger partial charge in [0.25, 0.3) is 0 Å². The second kappa shape index (κ2) is 7.12. The molecule has 4 rings (SSSR count). The van der Waals surface area contributed by atoms with Crippen LogP contribution in [0.2, 0.25) is 0 Å². The number of carbonyl (C=O) groups is 1. The molecule has 1 fully saturated rings. The van der Waals surface area contributed by atoms with E-state index in [4.69, 9.17) is 0 Å². The SMILES string of the molecule is Cn1cc2c(n1)N(Cc1ccccc1C(F)(F)F)C(=O)N(C1CCNCC1)C2. The van der Waals surface area contributed by atoms with Crippen molar-refractivity contribution in [3.05, 3.63) is 47.2 Å². The van der Waals surface area contributed by atoms with Crippen LogP contribution in [0.5, 0.6) is 0 Å². The maximum atomic E-state index is 13.4. The van der Waals surface area contributed by atoms with Gasteiger partial charge in [0.05, 0.1) is 18.7 Å². The summed E-state index contributed by atoms with van der Waals surface area (Å²) in [6, 6.07) is 5.17. The minimum absolute atomic E-state index is 0.0621. The molecule has 2 aliphatic rings. The molecule has 2 aliphatic heterocycles. The molecule has 1 N–H and O–H groups in total. The van der Waals surface area contributed by atoms with Gasteiger partial charge in [-0.25, -0.2) is 4.79 Å². The van der Waals surface area contributed by atoms with E-state index in [1.807, 2.05) is 6.20 Å². The van der Waals surface area contributed by atoms with E-state index >= 15 is 0 Å².